The number of hydrogen-bond acceptors (Lipinski definition) is 14. The number of amides is 2. The minimum Gasteiger partial charge on any atom is -0.870 e. The monoisotopic (exact) mass is 900 g/mol. The minimum absolute atomic E-state index is 0. The van der Waals surface area contributed by atoms with Crippen molar-refractivity contribution in [1.29, 1.82) is 0 Å². The number of nitrogens with zero attached hydrogens (tertiary/aromatic N) is 8. The smallest absolute Gasteiger partial charge is 0.870 e. The molecule has 2 unspecified atom stereocenters. The van der Waals surface area contributed by atoms with Crippen molar-refractivity contribution >= 4 is 45.6 Å². The van der Waals surface area contributed by atoms with Crippen LogP contribution in [0.5, 0.6) is 0 Å². The molecule has 6 heterocycles. The zero-order valence-corrected chi connectivity index (χ0v) is 35.7. The van der Waals surface area contributed by atoms with Gasteiger partial charge >= 0.3 is 30.8 Å². The van der Waals surface area contributed by atoms with Gasteiger partial charge in [-0.2, -0.15) is 10.2 Å². The molecule has 2 aromatic carbocycles. The van der Waals surface area contributed by atoms with Crippen LogP contribution >= 0.6 is 0 Å². The number of benzene rings is 2. The number of aryl methyl sites for hydroxylation is 2. The van der Waals surface area contributed by atoms with E-state index in [1.165, 1.54) is 56.9 Å². The van der Waals surface area contributed by atoms with Crippen molar-refractivity contribution < 1.29 is 71.0 Å². The first-order valence-corrected chi connectivity index (χ1v) is 19.3. The number of rotatable bonds is 12. The molecule has 2 atom stereocenters. The van der Waals surface area contributed by atoms with Gasteiger partial charge in [0.15, 0.2) is 11.4 Å². The van der Waals surface area contributed by atoms with Gasteiger partial charge in [-0.25, -0.2) is 37.7 Å². The molecule has 6 aromatic heterocycles. The number of hydrogen-bond donors (Lipinski definition) is 3. The summed E-state index contributed by atoms with van der Waals surface area (Å²) in [6.07, 6.45) is 10.0. The molecule has 338 valence electrons. The second-order valence-corrected chi connectivity index (χ2v) is 13.9. The zero-order chi connectivity index (χ0) is 44.9. The molecule has 22 heteroatoms. The molecule has 19 nitrogen and oxygen atoms in total. The largest absolute Gasteiger partial charge is 1.00 e. The molecule has 8 aromatic rings. The Balaban J connectivity index is 0.000000276. The normalized spacial score (nSPS) is 11.5. The Hall–Kier alpha value is -7.60. The minimum atomic E-state index is -1.20. The van der Waals surface area contributed by atoms with Gasteiger partial charge < -0.3 is 34.8 Å². The maximum atomic E-state index is 13.3. The van der Waals surface area contributed by atoms with Gasteiger partial charge in [-0.1, -0.05) is 21.3 Å². The quantitative estimate of drug-likeness (QED) is 0.113. The third-order valence-corrected chi connectivity index (χ3v) is 9.86. The number of carboxylic acid groups (broad SMARTS) is 1. The number of carboxylic acids is 1. The van der Waals surface area contributed by atoms with Crippen LogP contribution < -0.4 is 29.5 Å². The predicted octanol–water partition coefficient (Wildman–Crippen LogP) is 4.42. The Morgan fingerprint density at radius 3 is 1.44 bits per heavy atom. The van der Waals surface area contributed by atoms with Crippen molar-refractivity contribution in [2.75, 3.05) is 7.11 Å². The molecular formula is C44H43F2LiN10O9. The van der Waals surface area contributed by atoms with Crippen LogP contribution in [-0.4, -0.2) is 80.9 Å². The van der Waals surface area contributed by atoms with Crippen molar-refractivity contribution in [3.63, 3.8) is 0 Å². The first-order valence-electron chi connectivity index (χ1n) is 19.3. The number of pyridine rings is 2. The van der Waals surface area contributed by atoms with Crippen LogP contribution in [0.4, 0.5) is 8.78 Å². The van der Waals surface area contributed by atoms with Crippen molar-refractivity contribution in [2.24, 2.45) is 0 Å². The molecule has 0 aliphatic carbocycles. The number of aromatic nitrogens is 8. The summed E-state index contributed by atoms with van der Waals surface area (Å²) in [4.78, 5) is 65.6. The van der Waals surface area contributed by atoms with Gasteiger partial charge in [-0.15, -0.1) is 0 Å². The number of ether oxygens (including phenoxy) is 1. The number of methoxy groups -OCH3 is 1. The van der Waals surface area contributed by atoms with Crippen LogP contribution in [0.1, 0.15) is 111 Å². The van der Waals surface area contributed by atoms with Crippen molar-refractivity contribution in [2.45, 2.75) is 60.0 Å². The Morgan fingerprint density at radius 2 is 1.08 bits per heavy atom. The molecule has 0 fully saturated rings. The average Bonchev–Trinajstić information content (AvgIpc) is 4.10. The van der Waals surface area contributed by atoms with Crippen molar-refractivity contribution in [3.05, 3.63) is 143 Å². The number of carbonyl (C=O) groups is 4. The summed E-state index contributed by atoms with van der Waals surface area (Å²) in [5.41, 5.74) is 2.91. The van der Waals surface area contributed by atoms with Gasteiger partial charge in [-0.3, -0.25) is 19.6 Å². The van der Waals surface area contributed by atoms with Gasteiger partial charge in [-0.05, 0) is 75.2 Å². The molecule has 0 aliphatic rings. The fourth-order valence-electron chi connectivity index (χ4n) is 6.59. The van der Waals surface area contributed by atoms with Crippen LogP contribution in [0.25, 0.3) is 33.2 Å². The SMILES string of the molecule is C.CCC(NC(=O)c1cncc2c1cnn2-c1ccc(F)cc1)c1nc(C(=O)O)c(C)o1.CCC(NC(=O)c1cncc2c1cnn2-c1ccc(F)cc1)c1nc(C(=O)OC)c(C)o1.[Li+].[OH-]. The number of esters is 1. The maximum Gasteiger partial charge on any atom is 1.00 e. The van der Waals surface area contributed by atoms with Gasteiger partial charge in [0, 0.05) is 23.2 Å². The van der Waals surface area contributed by atoms with E-state index in [1.54, 1.807) is 59.1 Å². The second kappa shape index (κ2) is 21.9. The van der Waals surface area contributed by atoms with E-state index in [0.29, 0.717) is 57.3 Å². The number of aromatic carboxylic acids is 1. The third kappa shape index (κ3) is 10.5. The van der Waals surface area contributed by atoms with Crippen LogP contribution in [0, 0.1) is 25.5 Å². The molecule has 0 bridgehead atoms. The Morgan fingerprint density at radius 1 is 0.682 bits per heavy atom. The Kier molecular flexibility index (Phi) is 16.9. The van der Waals surface area contributed by atoms with Crippen molar-refractivity contribution in [3.8, 4) is 11.4 Å². The van der Waals surface area contributed by atoms with Gasteiger partial charge in [0.2, 0.25) is 11.8 Å². The summed E-state index contributed by atoms with van der Waals surface area (Å²) in [5, 5.41) is 24.6. The first-order chi connectivity index (χ1) is 30.3. The average molecular weight is 901 g/mol. The molecular weight excluding hydrogens is 857 g/mol. The van der Waals surface area contributed by atoms with Crippen LogP contribution in [0.15, 0.2) is 94.5 Å². The van der Waals surface area contributed by atoms with E-state index < -0.39 is 35.8 Å². The molecule has 0 saturated heterocycles. The van der Waals surface area contributed by atoms with E-state index in [-0.39, 0.29) is 77.9 Å². The zero-order valence-electron chi connectivity index (χ0n) is 35.7. The van der Waals surface area contributed by atoms with Crippen LogP contribution in [0.2, 0.25) is 0 Å². The van der Waals surface area contributed by atoms with Crippen molar-refractivity contribution in [1.82, 2.24) is 50.1 Å². The fourth-order valence-corrected chi connectivity index (χ4v) is 6.59. The predicted molar refractivity (Wildman–Crippen MR) is 228 cm³/mol. The third-order valence-electron chi connectivity index (χ3n) is 9.86. The molecule has 2 amide bonds. The fraction of sp³-hybridized carbons (Fsp3) is 0.227. The molecule has 0 radical (unpaired) electrons. The molecule has 0 spiro atoms. The van der Waals surface area contributed by atoms with E-state index in [1.807, 2.05) is 13.8 Å². The molecule has 66 heavy (non-hydrogen) atoms. The van der Waals surface area contributed by atoms with Gasteiger partial charge in [0.05, 0.1) is 65.4 Å². The van der Waals surface area contributed by atoms with E-state index >= 15 is 0 Å². The summed E-state index contributed by atoms with van der Waals surface area (Å²) < 4.78 is 45.4. The first kappa shape index (κ1) is 51.0. The van der Waals surface area contributed by atoms with Crippen LogP contribution in [0.3, 0.4) is 0 Å². The Labute approximate surface area is 387 Å². The van der Waals surface area contributed by atoms with E-state index in [0.717, 1.165) is 0 Å². The number of nitrogens with one attached hydrogen (secondary N) is 2. The van der Waals surface area contributed by atoms with E-state index in [4.69, 9.17) is 13.6 Å². The molecule has 4 N–H and O–H groups in total. The summed E-state index contributed by atoms with van der Waals surface area (Å²) in [7, 11) is 1.26. The maximum absolute atomic E-state index is 13.3. The number of carbonyl (C=O) groups excluding carboxylic acids is 3. The summed E-state index contributed by atoms with van der Waals surface area (Å²) >= 11 is 0. The van der Waals surface area contributed by atoms with Gasteiger partial charge in [0.25, 0.3) is 11.8 Å². The van der Waals surface area contributed by atoms with Crippen LogP contribution in [-0.2, 0) is 4.74 Å². The topological polar surface area (TPSA) is 265 Å². The number of halogens is 2. The summed E-state index contributed by atoms with van der Waals surface area (Å²) in [6.45, 7) is 6.78. The van der Waals surface area contributed by atoms with E-state index in [9.17, 15) is 33.1 Å². The van der Waals surface area contributed by atoms with Gasteiger partial charge in [0.1, 0.15) is 35.2 Å². The summed E-state index contributed by atoms with van der Waals surface area (Å²) in [6, 6.07) is 10.4. The summed E-state index contributed by atoms with van der Waals surface area (Å²) in [5.74, 6) is -2.56. The molecule has 0 aliphatic heterocycles. The molecule has 0 saturated carbocycles. The number of fused-ring (bicyclic) bond motifs is 2. The number of oxazole rings is 2. The second-order valence-electron chi connectivity index (χ2n) is 13.9. The van der Waals surface area contributed by atoms with E-state index in [2.05, 4.69) is 40.8 Å². The standard InChI is InChI=1S/C22H20FN5O4.C21H18FN5O4.CH4.Li.H2O/c1-4-17(21-27-19(12(2)32-21)22(30)31-3)26-20(29)16-9-24-11-18-15(16)10-25-28(18)14-7-5-13(23)6-8-14;1-3-16(20-26-18(21(29)30)11(2)31-20)25-19(28)15-8-23-10-17-14(15)9-24-27(17)13-6-4-12(22)5-7-13;;;/h5-11,17H,4H2,1-3H3,(H,26,29);4-10,16H,3H2,1-2H3,(H,25,28)(H,29,30);1H4;;1H2/q;;;+1;/p-1. The Bertz CT molecular complexity index is 2990. The molecule has 8 rings (SSSR count).